The Hall–Kier alpha value is -0.570. The number of rotatable bonds is 14. The molecule has 0 aliphatic carbocycles. The number of methoxy groups -OCH3 is 1. The molecule has 22 heavy (non-hydrogen) atoms. The number of esters is 1. The summed E-state index contributed by atoms with van der Waals surface area (Å²) in [6, 6.07) is 1.62. The standard InChI is InChI=1S/C19H37NO2/c1-3-4-5-10-13-17-16-18(20-17)14-11-8-6-7-9-12-15-19(21)22-2/h17-18,20H,3-16H2,1-2H3. The van der Waals surface area contributed by atoms with Gasteiger partial charge in [0.15, 0.2) is 0 Å². The minimum Gasteiger partial charge on any atom is -0.469 e. The second-order valence-electron chi connectivity index (χ2n) is 6.88. The Morgan fingerprint density at radius 2 is 1.41 bits per heavy atom. The van der Waals surface area contributed by atoms with E-state index in [0.717, 1.165) is 24.9 Å². The summed E-state index contributed by atoms with van der Waals surface area (Å²) in [7, 11) is 1.46. The lowest BCUT2D eigenvalue weighted by atomic mass is 9.89. The summed E-state index contributed by atoms with van der Waals surface area (Å²) in [6.07, 6.45) is 17.7. The van der Waals surface area contributed by atoms with Gasteiger partial charge in [0.05, 0.1) is 7.11 Å². The maximum absolute atomic E-state index is 11.0. The number of unbranched alkanes of at least 4 members (excludes halogenated alkanes) is 8. The predicted molar refractivity (Wildman–Crippen MR) is 93.0 cm³/mol. The lowest BCUT2D eigenvalue weighted by Crippen LogP contribution is -2.52. The van der Waals surface area contributed by atoms with Crippen molar-refractivity contribution in [3.63, 3.8) is 0 Å². The summed E-state index contributed by atoms with van der Waals surface area (Å²) in [5.74, 6) is -0.0692. The monoisotopic (exact) mass is 311 g/mol. The fourth-order valence-corrected chi connectivity index (χ4v) is 3.34. The van der Waals surface area contributed by atoms with Crippen LogP contribution in [0.4, 0.5) is 0 Å². The molecule has 0 saturated carbocycles. The average Bonchev–Trinajstić information content (AvgIpc) is 2.49. The number of ether oxygens (including phenoxy) is 1. The van der Waals surface area contributed by atoms with Crippen LogP contribution >= 0.6 is 0 Å². The molecule has 1 aliphatic rings. The van der Waals surface area contributed by atoms with E-state index < -0.39 is 0 Å². The molecule has 0 bridgehead atoms. The van der Waals surface area contributed by atoms with E-state index in [0.29, 0.717) is 6.42 Å². The SMILES string of the molecule is CCCCCCC1CC(CCCCCCCCC(=O)OC)N1. The van der Waals surface area contributed by atoms with Crippen LogP contribution in [0.15, 0.2) is 0 Å². The van der Waals surface area contributed by atoms with E-state index in [2.05, 4.69) is 17.0 Å². The van der Waals surface area contributed by atoms with Crippen LogP contribution in [0.5, 0.6) is 0 Å². The molecule has 0 radical (unpaired) electrons. The van der Waals surface area contributed by atoms with Crippen LogP contribution in [0.25, 0.3) is 0 Å². The molecule has 130 valence electrons. The highest BCUT2D eigenvalue weighted by Crippen LogP contribution is 2.22. The normalized spacial score (nSPS) is 20.6. The van der Waals surface area contributed by atoms with Gasteiger partial charge < -0.3 is 10.1 Å². The van der Waals surface area contributed by atoms with Gasteiger partial charge in [-0.2, -0.15) is 0 Å². The van der Waals surface area contributed by atoms with Crippen LogP contribution in [0.2, 0.25) is 0 Å². The van der Waals surface area contributed by atoms with Crippen molar-refractivity contribution in [2.24, 2.45) is 0 Å². The molecular formula is C19H37NO2. The fourth-order valence-electron chi connectivity index (χ4n) is 3.34. The lowest BCUT2D eigenvalue weighted by molar-refractivity contribution is -0.140. The first kappa shape index (κ1) is 19.5. The van der Waals surface area contributed by atoms with Crippen molar-refractivity contribution < 1.29 is 9.53 Å². The highest BCUT2D eigenvalue weighted by molar-refractivity contribution is 5.68. The summed E-state index contributed by atoms with van der Waals surface area (Å²) in [5, 5.41) is 3.74. The smallest absolute Gasteiger partial charge is 0.305 e. The Bertz CT molecular complexity index is 275. The van der Waals surface area contributed by atoms with Crippen molar-refractivity contribution in [1.82, 2.24) is 5.32 Å². The first-order valence-electron chi connectivity index (χ1n) is 9.59. The van der Waals surface area contributed by atoms with E-state index in [1.165, 1.54) is 77.7 Å². The van der Waals surface area contributed by atoms with Gasteiger partial charge in [0.2, 0.25) is 0 Å². The zero-order valence-electron chi connectivity index (χ0n) is 14.9. The maximum Gasteiger partial charge on any atom is 0.305 e. The van der Waals surface area contributed by atoms with Gasteiger partial charge in [0.25, 0.3) is 0 Å². The molecule has 1 saturated heterocycles. The molecule has 0 aromatic rings. The van der Waals surface area contributed by atoms with E-state index in [4.69, 9.17) is 0 Å². The van der Waals surface area contributed by atoms with Gasteiger partial charge in [-0.3, -0.25) is 4.79 Å². The first-order chi connectivity index (χ1) is 10.8. The molecule has 2 unspecified atom stereocenters. The van der Waals surface area contributed by atoms with E-state index in [1.54, 1.807) is 0 Å². The van der Waals surface area contributed by atoms with E-state index >= 15 is 0 Å². The lowest BCUT2D eigenvalue weighted by Gasteiger charge is -2.37. The predicted octanol–water partition coefficient (Wildman–Crippen LogP) is 4.98. The molecule has 1 aliphatic heterocycles. The number of hydrogen-bond donors (Lipinski definition) is 1. The zero-order chi connectivity index (χ0) is 16.0. The molecule has 0 aromatic heterocycles. The van der Waals surface area contributed by atoms with Crippen molar-refractivity contribution in [2.75, 3.05) is 7.11 Å². The maximum atomic E-state index is 11.0. The van der Waals surface area contributed by atoms with E-state index in [1.807, 2.05) is 0 Å². The van der Waals surface area contributed by atoms with Crippen LogP contribution in [0.3, 0.4) is 0 Å². The molecule has 0 spiro atoms. The summed E-state index contributed by atoms with van der Waals surface area (Å²) < 4.78 is 4.64. The van der Waals surface area contributed by atoms with Gasteiger partial charge in [-0.25, -0.2) is 0 Å². The molecule has 2 atom stereocenters. The highest BCUT2D eigenvalue weighted by Gasteiger charge is 2.26. The van der Waals surface area contributed by atoms with Crippen LogP contribution in [-0.2, 0) is 9.53 Å². The van der Waals surface area contributed by atoms with E-state index in [-0.39, 0.29) is 5.97 Å². The van der Waals surface area contributed by atoms with Gasteiger partial charge >= 0.3 is 5.97 Å². The van der Waals surface area contributed by atoms with Crippen molar-refractivity contribution in [1.29, 1.82) is 0 Å². The topological polar surface area (TPSA) is 38.3 Å². The quantitative estimate of drug-likeness (QED) is 0.363. The summed E-state index contributed by atoms with van der Waals surface area (Å²) >= 11 is 0. The van der Waals surface area contributed by atoms with Crippen LogP contribution in [0.1, 0.15) is 96.8 Å². The van der Waals surface area contributed by atoms with Gasteiger partial charge in [-0.1, -0.05) is 64.7 Å². The van der Waals surface area contributed by atoms with Gasteiger partial charge in [0, 0.05) is 18.5 Å². The van der Waals surface area contributed by atoms with Gasteiger partial charge in [-0.15, -0.1) is 0 Å². The van der Waals surface area contributed by atoms with Crippen LogP contribution in [0, 0.1) is 0 Å². The number of nitrogens with one attached hydrogen (secondary N) is 1. The van der Waals surface area contributed by atoms with Crippen LogP contribution in [-0.4, -0.2) is 25.2 Å². The van der Waals surface area contributed by atoms with E-state index in [9.17, 15) is 4.79 Å². The molecule has 0 aromatic carbocycles. The molecule has 1 rings (SSSR count). The zero-order valence-corrected chi connectivity index (χ0v) is 14.9. The summed E-state index contributed by atoms with van der Waals surface area (Å²) in [4.78, 5) is 11.0. The molecular weight excluding hydrogens is 274 g/mol. The fraction of sp³-hybridized carbons (Fsp3) is 0.947. The average molecular weight is 312 g/mol. The molecule has 0 amide bonds. The minimum absolute atomic E-state index is 0.0692. The van der Waals surface area contributed by atoms with Crippen molar-refractivity contribution in [3.05, 3.63) is 0 Å². The Morgan fingerprint density at radius 3 is 1.95 bits per heavy atom. The van der Waals surface area contributed by atoms with Crippen molar-refractivity contribution >= 4 is 5.97 Å². The number of carbonyl (C=O) groups is 1. The largest absolute Gasteiger partial charge is 0.469 e. The number of hydrogen-bond acceptors (Lipinski definition) is 3. The van der Waals surface area contributed by atoms with Crippen LogP contribution < -0.4 is 5.32 Å². The third-order valence-corrected chi connectivity index (χ3v) is 4.86. The molecule has 1 N–H and O–H groups in total. The Morgan fingerprint density at radius 1 is 0.909 bits per heavy atom. The number of carbonyl (C=O) groups excluding carboxylic acids is 1. The first-order valence-corrected chi connectivity index (χ1v) is 9.59. The Balaban J connectivity index is 1.77. The summed E-state index contributed by atoms with van der Waals surface area (Å²) in [5.41, 5.74) is 0. The van der Waals surface area contributed by atoms with Gasteiger partial charge in [-0.05, 0) is 25.7 Å². The summed E-state index contributed by atoms with van der Waals surface area (Å²) in [6.45, 7) is 2.27. The van der Waals surface area contributed by atoms with Crippen molar-refractivity contribution in [2.45, 2.75) is 109 Å². The minimum atomic E-state index is -0.0692. The Kier molecular flexibility index (Phi) is 11.4. The third kappa shape index (κ3) is 9.45. The molecule has 3 nitrogen and oxygen atoms in total. The molecule has 1 fully saturated rings. The third-order valence-electron chi connectivity index (χ3n) is 4.86. The van der Waals surface area contributed by atoms with Crippen molar-refractivity contribution in [3.8, 4) is 0 Å². The Labute approximate surface area is 137 Å². The molecule has 1 heterocycles. The second kappa shape index (κ2) is 12.9. The second-order valence-corrected chi connectivity index (χ2v) is 6.88. The molecule has 3 heteroatoms. The van der Waals surface area contributed by atoms with Gasteiger partial charge in [0.1, 0.15) is 0 Å². The highest BCUT2D eigenvalue weighted by atomic mass is 16.5.